The van der Waals surface area contributed by atoms with Crippen molar-refractivity contribution >= 4 is 22.0 Å². The van der Waals surface area contributed by atoms with Gasteiger partial charge in [-0.25, -0.2) is 18.0 Å². The van der Waals surface area contributed by atoms with Crippen molar-refractivity contribution in [2.24, 2.45) is 17.8 Å². The Bertz CT molecular complexity index is 866. The van der Waals surface area contributed by atoms with Gasteiger partial charge < -0.3 is 15.1 Å². The van der Waals surface area contributed by atoms with Gasteiger partial charge >= 0.3 is 11.9 Å². The first-order valence-electron chi connectivity index (χ1n) is 10.1. The van der Waals surface area contributed by atoms with Crippen LogP contribution in [0.4, 0.5) is 0 Å². The topological polar surface area (TPSA) is 115 Å². The van der Waals surface area contributed by atoms with Crippen LogP contribution >= 0.6 is 0 Å². The first-order chi connectivity index (χ1) is 14.2. The Morgan fingerprint density at radius 3 is 2.07 bits per heavy atom. The molecular weight excluding hydrogens is 408 g/mol. The third kappa shape index (κ3) is 5.90. The third-order valence-corrected chi connectivity index (χ3v) is 7.86. The van der Waals surface area contributed by atoms with E-state index in [1.54, 1.807) is 4.31 Å². The zero-order chi connectivity index (χ0) is 21.7. The van der Waals surface area contributed by atoms with Crippen LogP contribution in [0.15, 0.2) is 42.5 Å². The predicted molar refractivity (Wildman–Crippen MR) is 111 cm³/mol. The van der Waals surface area contributed by atoms with E-state index in [-0.39, 0.29) is 5.75 Å². The lowest BCUT2D eigenvalue weighted by Gasteiger charge is -2.36. The molecule has 164 valence electrons. The molecule has 0 amide bonds. The highest BCUT2D eigenvalue weighted by atomic mass is 32.2. The number of nitrogens with zero attached hydrogens (tertiary/aromatic N) is 2. The minimum atomic E-state index is -3.20. The minimum absolute atomic E-state index is 0.116. The Balaban J connectivity index is 0.000000377. The molecule has 2 fully saturated rings. The van der Waals surface area contributed by atoms with Gasteiger partial charge in [0.1, 0.15) is 0 Å². The monoisotopic (exact) mass is 436 g/mol. The van der Waals surface area contributed by atoms with Crippen LogP contribution in [0.3, 0.4) is 0 Å². The van der Waals surface area contributed by atoms with E-state index in [0.717, 1.165) is 43.0 Å². The number of piperazine rings is 1. The molecule has 1 aliphatic heterocycles. The zero-order valence-corrected chi connectivity index (χ0v) is 17.6. The number of carbonyl (C=O) groups is 2. The van der Waals surface area contributed by atoms with Crippen LogP contribution in [0, 0.1) is 17.8 Å². The van der Waals surface area contributed by atoms with Crippen molar-refractivity contribution < 1.29 is 28.2 Å². The number of fused-ring (bicyclic) bond motifs is 2. The fourth-order valence-electron chi connectivity index (χ4n) is 4.50. The van der Waals surface area contributed by atoms with Gasteiger partial charge in [0, 0.05) is 32.7 Å². The molecular formula is C21H28N2O6S. The van der Waals surface area contributed by atoms with Gasteiger partial charge in [0.25, 0.3) is 0 Å². The maximum absolute atomic E-state index is 12.6. The smallest absolute Gasteiger partial charge is 0.414 e. The second-order valence-corrected chi connectivity index (χ2v) is 10.1. The summed E-state index contributed by atoms with van der Waals surface area (Å²) in [7, 11) is -3.20. The molecule has 3 atom stereocenters. The number of hydrogen-bond donors (Lipinski definition) is 2. The fraction of sp³-hybridized carbons (Fsp3) is 0.524. The second kappa shape index (κ2) is 9.72. The first kappa shape index (κ1) is 22.5. The second-order valence-electron chi connectivity index (χ2n) is 8.09. The van der Waals surface area contributed by atoms with Gasteiger partial charge in [0.05, 0.1) is 5.75 Å². The molecule has 2 N–H and O–H groups in total. The van der Waals surface area contributed by atoms with E-state index in [0.29, 0.717) is 13.1 Å². The highest BCUT2D eigenvalue weighted by molar-refractivity contribution is 7.88. The molecule has 0 spiro atoms. The molecule has 2 bridgehead atoms. The summed E-state index contributed by atoms with van der Waals surface area (Å²) in [5.41, 5.74) is 0.869. The summed E-state index contributed by atoms with van der Waals surface area (Å²) in [5, 5.41) is 14.8. The SMILES string of the molecule is O=C(O)C(=O)O.O=S(=O)(Cc1ccccc1)N1CCN(CC2CC3C=CC2C3)CC1. The Hall–Kier alpha value is -2.23. The number of allylic oxidation sites excluding steroid dienone is 2. The van der Waals surface area contributed by atoms with Crippen LogP contribution in [0.5, 0.6) is 0 Å². The van der Waals surface area contributed by atoms with Crippen molar-refractivity contribution in [3.8, 4) is 0 Å². The number of aliphatic carboxylic acids is 2. The van der Waals surface area contributed by atoms with Crippen LogP contribution in [0.1, 0.15) is 18.4 Å². The quantitative estimate of drug-likeness (QED) is 0.531. The number of rotatable bonds is 5. The summed E-state index contributed by atoms with van der Waals surface area (Å²) in [6.07, 6.45) is 7.46. The Labute approximate surface area is 176 Å². The van der Waals surface area contributed by atoms with Crippen molar-refractivity contribution in [3.05, 3.63) is 48.0 Å². The van der Waals surface area contributed by atoms with Crippen LogP contribution in [-0.4, -0.2) is 72.5 Å². The summed E-state index contributed by atoms with van der Waals surface area (Å²) in [6.45, 7) is 4.13. The predicted octanol–water partition coefficient (Wildman–Crippen LogP) is 1.50. The molecule has 4 rings (SSSR count). The lowest BCUT2D eigenvalue weighted by Crippen LogP contribution is -2.50. The number of carboxylic acids is 2. The molecule has 1 saturated carbocycles. The van der Waals surface area contributed by atoms with Crippen LogP contribution < -0.4 is 0 Å². The van der Waals surface area contributed by atoms with Crippen LogP contribution in [0.25, 0.3) is 0 Å². The molecule has 1 saturated heterocycles. The van der Waals surface area contributed by atoms with Gasteiger partial charge in [-0.2, -0.15) is 4.31 Å². The summed E-state index contributed by atoms with van der Waals surface area (Å²) < 4.78 is 26.9. The zero-order valence-electron chi connectivity index (χ0n) is 16.8. The molecule has 0 aromatic heterocycles. The highest BCUT2D eigenvalue weighted by Gasteiger charge is 2.37. The molecule has 1 aromatic rings. The van der Waals surface area contributed by atoms with Crippen molar-refractivity contribution in [1.82, 2.24) is 9.21 Å². The lowest BCUT2D eigenvalue weighted by atomic mass is 9.93. The first-order valence-corrected chi connectivity index (χ1v) is 11.7. The molecule has 3 aliphatic rings. The number of carboxylic acid groups (broad SMARTS) is 2. The van der Waals surface area contributed by atoms with Gasteiger partial charge in [0.15, 0.2) is 0 Å². The van der Waals surface area contributed by atoms with Gasteiger partial charge in [-0.15, -0.1) is 0 Å². The highest BCUT2D eigenvalue weighted by Crippen LogP contribution is 2.43. The van der Waals surface area contributed by atoms with Gasteiger partial charge in [0.2, 0.25) is 10.0 Å². The van der Waals surface area contributed by atoms with E-state index < -0.39 is 22.0 Å². The van der Waals surface area contributed by atoms with Gasteiger partial charge in [-0.3, -0.25) is 0 Å². The molecule has 0 radical (unpaired) electrons. The molecule has 1 heterocycles. The summed E-state index contributed by atoms with van der Waals surface area (Å²) >= 11 is 0. The number of benzene rings is 1. The normalized spacial score (nSPS) is 26.2. The molecule has 3 unspecified atom stereocenters. The minimum Gasteiger partial charge on any atom is -0.473 e. The summed E-state index contributed by atoms with van der Waals surface area (Å²) in [6, 6.07) is 9.48. The summed E-state index contributed by atoms with van der Waals surface area (Å²) in [5.74, 6) is -1.16. The van der Waals surface area contributed by atoms with E-state index in [4.69, 9.17) is 19.8 Å². The summed E-state index contributed by atoms with van der Waals surface area (Å²) in [4.78, 5) is 20.7. The maximum atomic E-state index is 12.6. The van der Waals surface area contributed by atoms with E-state index in [2.05, 4.69) is 17.1 Å². The standard InChI is InChI=1S/C19H26N2O2S.C2H2O4/c22-24(23,15-16-4-2-1-3-5-16)21-10-8-20(9-11-21)14-19-13-17-6-7-18(19)12-17;3-1(4)2(5)6/h1-7,17-19H,8-15H2;(H,3,4)(H,5,6). The van der Waals surface area contributed by atoms with E-state index in [1.807, 2.05) is 30.3 Å². The number of sulfonamides is 1. The van der Waals surface area contributed by atoms with Gasteiger partial charge in [-0.1, -0.05) is 42.5 Å². The largest absolute Gasteiger partial charge is 0.473 e. The Morgan fingerprint density at radius 2 is 1.57 bits per heavy atom. The van der Waals surface area contributed by atoms with Gasteiger partial charge in [-0.05, 0) is 36.2 Å². The Kier molecular flexibility index (Phi) is 7.27. The van der Waals surface area contributed by atoms with Crippen LogP contribution in [-0.2, 0) is 25.4 Å². The van der Waals surface area contributed by atoms with Crippen LogP contribution in [0.2, 0.25) is 0 Å². The van der Waals surface area contributed by atoms with Crippen molar-refractivity contribution in [3.63, 3.8) is 0 Å². The average Bonchev–Trinajstić information content (AvgIpc) is 3.32. The van der Waals surface area contributed by atoms with Crippen molar-refractivity contribution in [2.45, 2.75) is 18.6 Å². The fourth-order valence-corrected chi connectivity index (χ4v) is 6.02. The Morgan fingerprint density at radius 1 is 0.933 bits per heavy atom. The maximum Gasteiger partial charge on any atom is 0.414 e. The van der Waals surface area contributed by atoms with E-state index in [9.17, 15) is 8.42 Å². The number of hydrogen-bond acceptors (Lipinski definition) is 5. The van der Waals surface area contributed by atoms with E-state index in [1.165, 1.54) is 12.8 Å². The lowest BCUT2D eigenvalue weighted by molar-refractivity contribution is -0.159. The molecule has 1 aromatic carbocycles. The average molecular weight is 437 g/mol. The molecule has 30 heavy (non-hydrogen) atoms. The van der Waals surface area contributed by atoms with Crippen molar-refractivity contribution in [1.29, 1.82) is 0 Å². The molecule has 2 aliphatic carbocycles. The molecule has 8 nitrogen and oxygen atoms in total. The van der Waals surface area contributed by atoms with Crippen molar-refractivity contribution in [2.75, 3.05) is 32.7 Å². The van der Waals surface area contributed by atoms with E-state index >= 15 is 0 Å². The molecule has 9 heteroatoms. The third-order valence-electron chi connectivity index (χ3n) is 6.01.